The average molecular weight is 328 g/mol. The first-order chi connectivity index (χ1) is 10.9. The first-order valence-corrected chi connectivity index (χ1v) is 7.79. The van der Waals surface area contributed by atoms with Gasteiger partial charge in [0.1, 0.15) is 16.7 Å². The summed E-state index contributed by atoms with van der Waals surface area (Å²) < 4.78 is 5.94. The summed E-state index contributed by atoms with van der Waals surface area (Å²) in [5.41, 5.74) is 2.90. The van der Waals surface area contributed by atoms with Crippen LogP contribution in [0.3, 0.4) is 0 Å². The van der Waals surface area contributed by atoms with Crippen LogP contribution in [0.15, 0.2) is 58.1 Å². The van der Waals surface area contributed by atoms with Gasteiger partial charge in [-0.3, -0.25) is 0 Å². The highest BCUT2D eigenvalue weighted by Crippen LogP contribution is 2.27. The van der Waals surface area contributed by atoms with Gasteiger partial charge in [0.25, 0.3) is 0 Å². The molecule has 3 rings (SSSR count). The van der Waals surface area contributed by atoms with Gasteiger partial charge >= 0.3 is 0 Å². The van der Waals surface area contributed by atoms with Gasteiger partial charge in [-0.15, -0.1) is 0 Å². The Morgan fingerprint density at radius 3 is 2.30 bits per heavy atom. The van der Waals surface area contributed by atoms with Crippen LogP contribution in [0, 0.1) is 0 Å². The number of nitrogens with zero attached hydrogens (tertiary/aromatic N) is 1. The van der Waals surface area contributed by atoms with Crippen LogP contribution < -0.4 is 5.36 Å². The van der Waals surface area contributed by atoms with E-state index in [1.807, 2.05) is 12.1 Å². The smallest absolute Gasteiger partial charge is 0.137 e. The lowest BCUT2D eigenvalue weighted by Crippen LogP contribution is -2.10. The Balaban J connectivity index is 2.15. The predicted octanol–water partition coefficient (Wildman–Crippen LogP) is 5.34. The molecule has 0 spiro atoms. The fourth-order valence-corrected chi connectivity index (χ4v) is 2.67. The lowest BCUT2D eigenvalue weighted by Gasteiger charge is -2.19. The molecule has 0 fully saturated rings. The molecule has 118 valence electrons. The fourth-order valence-electron chi connectivity index (χ4n) is 2.50. The zero-order valence-corrected chi connectivity index (χ0v) is 14.1. The van der Waals surface area contributed by atoms with Crippen molar-refractivity contribution in [2.75, 3.05) is 0 Å². The van der Waals surface area contributed by atoms with Crippen molar-refractivity contribution in [1.82, 2.24) is 0 Å². The standard InChI is InChI=1S/C19H18ClNO2/c1-19(2,3)13-6-4-12(5-7-13)18-11-16(21-22)15-10-14(20)8-9-17(15)23-18/h4-11,22H,1-3H3/b21-16+. The molecule has 23 heavy (non-hydrogen) atoms. The molecule has 0 aliphatic carbocycles. The summed E-state index contributed by atoms with van der Waals surface area (Å²) in [7, 11) is 0. The van der Waals surface area contributed by atoms with Crippen LogP contribution in [0.5, 0.6) is 0 Å². The summed E-state index contributed by atoms with van der Waals surface area (Å²) in [4.78, 5) is 0. The Labute approximate surface area is 139 Å². The number of hydrogen-bond acceptors (Lipinski definition) is 3. The SMILES string of the molecule is CC(C)(C)c1ccc(-c2c/c(=N\O)c3cc(Cl)ccc3o2)cc1. The Morgan fingerprint density at radius 1 is 1.00 bits per heavy atom. The first kappa shape index (κ1) is 15.6. The summed E-state index contributed by atoms with van der Waals surface area (Å²) in [6.45, 7) is 6.53. The third-order valence-electron chi connectivity index (χ3n) is 3.85. The van der Waals surface area contributed by atoms with Gasteiger partial charge in [-0.25, -0.2) is 0 Å². The van der Waals surface area contributed by atoms with Gasteiger partial charge in [-0.05, 0) is 29.2 Å². The molecule has 0 aliphatic rings. The van der Waals surface area contributed by atoms with E-state index in [0.29, 0.717) is 27.1 Å². The molecule has 2 aromatic carbocycles. The number of rotatable bonds is 1. The average Bonchev–Trinajstić information content (AvgIpc) is 2.53. The van der Waals surface area contributed by atoms with Gasteiger partial charge in [-0.2, -0.15) is 0 Å². The molecule has 0 bridgehead atoms. The summed E-state index contributed by atoms with van der Waals surface area (Å²) in [5, 5.41) is 14.3. The maximum Gasteiger partial charge on any atom is 0.137 e. The van der Waals surface area contributed by atoms with Gasteiger partial charge in [-0.1, -0.05) is 61.8 Å². The minimum atomic E-state index is 0.0986. The lowest BCUT2D eigenvalue weighted by molar-refractivity contribution is 0.302. The van der Waals surface area contributed by atoms with Crippen LogP contribution in [0.25, 0.3) is 22.3 Å². The molecular weight excluding hydrogens is 310 g/mol. The van der Waals surface area contributed by atoms with Crippen molar-refractivity contribution in [2.45, 2.75) is 26.2 Å². The highest BCUT2D eigenvalue weighted by atomic mass is 35.5. The highest BCUT2D eigenvalue weighted by molar-refractivity contribution is 6.31. The summed E-state index contributed by atoms with van der Waals surface area (Å²) in [6.07, 6.45) is 0. The van der Waals surface area contributed by atoms with Crippen LogP contribution in [-0.4, -0.2) is 5.21 Å². The number of fused-ring (bicyclic) bond motifs is 1. The monoisotopic (exact) mass is 327 g/mol. The third kappa shape index (κ3) is 3.10. The minimum Gasteiger partial charge on any atom is -0.456 e. The van der Waals surface area contributed by atoms with E-state index in [2.05, 4.69) is 38.1 Å². The maximum atomic E-state index is 9.29. The number of benzene rings is 2. The minimum absolute atomic E-state index is 0.0986. The van der Waals surface area contributed by atoms with E-state index in [0.717, 1.165) is 5.56 Å². The molecule has 3 aromatic rings. The first-order valence-electron chi connectivity index (χ1n) is 7.41. The molecule has 0 unspecified atom stereocenters. The molecular formula is C19H18ClNO2. The van der Waals surface area contributed by atoms with Crippen LogP contribution in [0.4, 0.5) is 0 Å². The van der Waals surface area contributed by atoms with E-state index >= 15 is 0 Å². The van der Waals surface area contributed by atoms with E-state index in [1.165, 1.54) is 5.56 Å². The molecule has 3 nitrogen and oxygen atoms in total. The molecule has 0 amide bonds. The topological polar surface area (TPSA) is 45.7 Å². The Hall–Kier alpha value is -2.26. The molecule has 0 aliphatic heterocycles. The maximum absolute atomic E-state index is 9.29. The van der Waals surface area contributed by atoms with Crippen molar-refractivity contribution >= 4 is 22.6 Å². The van der Waals surface area contributed by atoms with Crippen LogP contribution in [0.1, 0.15) is 26.3 Å². The van der Waals surface area contributed by atoms with Crippen molar-refractivity contribution in [3.05, 3.63) is 64.5 Å². The predicted molar refractivity (Wildman–Crippen MR) is 92.7 cm³/mol. The zero-order chi connectivity index (χ0) is 16.6. The van der Waals surface area contributed by atoms with Gasteiger partial charge in [0.15, 0.2) is 0 Å². The summed E-state index contributed by atoms with van der Waals surface area (Å²) in [6, 6.07) is 15.2. The van der Waals surface area contributed by atoms with E-state index in [9.17, 15) is 5.21 Å². The van der Waals surface area contributed by atoms with Gasteiger partial charge in [0.05, 0.1) is 0 Å². The summed E-state index contributed by atoms with van der Waals surface area (Å²) >= 11 is 6.00. The lowest BCUT2D eigenvalue weighted by atomic mass is 9.86. The van der Waals surface area contributed by atoms with E-state index in [4.69, 9.17) is 16.0 Å². The fraction of sp³-hybridized carbons (Fsp3) is 0.211. The third-order valence-corrected chi connectivity index (χ3v) is 4.08. The van der Waals surface area contributed by atoms with Crippen LogP contribution >= 0.6 is 11.6 Å². The number of halogens is 1. The Morgan fingerprint density at radius 2 is 1.70 bits per heavy atom. The molecule has 0 saturated carbocycles. The van der Waals surface area contributed by atoms with Crippen molar-refractivity contribution < 1.29 is 9.62 Å². The summed E-state index contributed by atoms with van der Waals surface area (Å²) in [5.74, 6) is 0.646. The van der Waals surface area contributed by atoms with Gasteiger partial charge in [0.2, 0.25) is 0 Å². The van der Waals surface area contributed by atoms with Crippen molar-refractivity contribution in [2.24, 2.45) is 5.16 Å². The highest BCUT2D eigenvalue weighted by Gasteiger charge is 2.14. The van der Waals surface area contributed by atoms with E-state index in [1.54, 1.807) is 24.3 Å². The molecule has 4 heteroatoms. The Bertz CT molecular complexity index is 919. The molecule has 1 heterocycles. The molecule has 0 atom stereocenters. The second-order valence-electron chi connectivity index (χ2n) is 6.56. The second kappa shape index (κ2) is 5.74. The molecule has 0 radical (unpaired) electrons. The van der Waals surface area contributed by atoms with Crippen LogP contribution in [-0.2, 0) is 5.41 Å². The quantitative estimate of drug-likeness (QED) is 0.484. The van der Waals surface area contributed by atoms with Gasteiger partial charge < -0.3 is 9.62 Å². The molecule has 1 N–H and O–H groups in total. The van der Waals surface area contributed by atoms with E-state index in [-0.39, 0.29) is 5.41 Å². The normalized spacial score (nSPS) is 12.8. The Kier molecular flexibility index (Phi) is 3.90. The van der Waals surface area contributed by atoms with Crippen molar-refractivity contribution in [3.8, 4) is 11.3 Å². The molecule has 0 saturated heterocycles. The van der Waals surface area contributed by atoms with E-state index < -0.39 is 0 Å². The van der Waals surface area contributed by atoms with Crippen molar-refractivity contribution in [3.63, 3.8) is 0 Å². The second-order valence-corrected chi connectivity index (χ2v) is 7.00. The van der Waals surface area contributed by atoms with Crippen molar-refractivity contribution in [1.29, 1.82) is 0 Å². The van der Waals surface area contributed by atoms with Crippen LogP contribution in [0.2, 0.25) is 5.02 Å². The number of hydrogen-bond donors (Lipinski definition) is 1. The zero-order valence-electron chi connectivity index (χ0n) is 13.3. The molecule has 1 aromatic heterocycles. The largest absolute Gasteiger partial charge is 0.456 e. The van der Waals surface area contributed by atoms with Gasteiger partial charge in [0, 0.05) is 22.0 Å².